The predicted molar refractivity (Wildman–Crippen MR) is 83.8 cm³/mol. The fourth-order valence-corrected chi connectivity index (χ4v) is 2.41. The lowest BCUT2D eigenvalue weighted by molar-refractivity contribution is 0.0178. The van der Waals surface area contributed by atoms with Crippen LogP contribution in [0.5, 0.6) is 5.75 Å². The van der Waals surface area contributed by atoms with Crippen molar-refractivity contribution in [1.29, 1.82) is 0 Å². The number of methoxy groups -OCH3 is 1. The summed E-state index contributed by atoms with van der Waals surface area (Å²) in [6.07, 6.45) is 0. The van der Waals surface area contributed by atoms with E-state index in [1.165, 1.54) is 0 Å². The average Bonchev–Trinajstić information content (AvgIpc) is 2.46. The van der Waals surface area contributed by atoms with Crippen LogP contribution in [-0.2, 0) is 20.8 Å². The zero-order valence-corrected chi connectivity index (χ0v) is 14.1. The molecular formula is C15H23BrO5. The molecule has 0 spiro atoms. The Morgan fingerprint density at radius 1 is 1.00 bits per heavy atom. The van der Waals surface area contributed by atoms with Gasteiger partial charge in [0.1, 0.15) is 12.4 Å². The van der Waals surface area contributed by atoms with Crippen molar-refractivity contribution in [2.75, 3.05) is 46.8 Å². The number of aliphatic hydroxyl groups excluding tert-OH is 1. The molecule has 1 aromatic rings. The van der Waals surface area contributed by atoms with Crippen LogP contribution < -0.4 is 4.74 Å². The number of rotatable bonds is 11. The SMILES string of the molecule is COCCOCCOCCOc1c(C)cc(Br)cc1CO. The maximum atomic E-state index is 9.35. The van der Waals surface area contributed by atoms with Crippen LogP contribution in [0.15, 0.2) is 16.6 Å². The van der Waals surface area contributed by atoms with Crippen molar-refractivity contribution in [3.05, 3.63) is 27.7 Å². The molecule has 0 heterocycles. The van der Waals surface area contributed by atoms with Crippen LogP contribution in [0.1, 0.15) is 11.1 Å². The van der Waals surface area contributed by atoms with Crippen LogP contribution in [0.2, 0.25) is 0 Å². The highest BCUT2D eigenvalue weighted by Gasteiger charge is 2.08. The van der Waals surface area contributed by atoms with Crippen molar-refractivity contribution in [2.45, 2.75) is 13.5 Å². The summed E-state index contributed by atoms with van der Waals surface area (Å²) >= 11 is 3.40. The Bertz CT molecular complexity index is 411. The molecule has 0 atom stereocenters. The third kappa shape index (κ3) is 7.24. The van der Waals surface area contributed by atoms with Gasteiger partial charge in [0.25, 0.3) is 0 Å². The molecular weight excluding hydrogens is 340 g/mol. The molecule has 6 heteroatoms. The number of aliphatic hydroxyl groups is 1. The Hall–Kier alpha value is -0.660. The van der Waals surface area contributed by atoms with Gasteiger partial charge in [0, 0.05) is 17.1 Å². The van der Waals surface area contributed by atoms with Crippen molar-refractivity contribution in [3.63, 3.8) is 0 Å². The van der Waals surface area contributed by atoms with E-state index in [0.29, 0.717) is 39.6 Å². The summed E-state index contributed by atoms with van der Waals surface area (Å²) in [7, 11) is 1.64. The van der Waals surface area contributed by atoms with Crippen LogP contribution in [0, 0.1) is 6.92 Å². The third-order valence-electron chi connectivity index (χ3n) is 2.76. The molecule has 0 aliphatic rings. The van der Waals surface area contributed by atoms with E-state index in [9.17, 15) is 5.11 Å². The Balaban J connectivity index is 2.21. The van der Waals surface area contributed by atoms with Crippen LogP contribution in [0.3, 0.4) is 0 Å². The van der Waals surface area contributed by atoms with E-state index in [1.807, 2.05) is 19.1 Å². The highest BCUT2D eigenvalue weighted by Crippen LogP contribution is 2.28. The van der Waals surface area contributed by atoms with E-state index in [2.05, 4.69) is 15.9 Å². The van der Waals surface area contributed by atoms with E-state index in [1.54, 1.807) is 7.11 Å². The number of benzene rings is 1. The van der Waals surface area contributed by atoms with Gasteiger partial charge in [0.05, 0.1) is 39.6 Å². The van der Waals surface area contributed by atoms with Gasteiger partial charge in [-0.1, -0.05) is 15.9 Å². The Kier molecular flexibility index (Phi) is 9.62. The van der Waals surface area contributed by atoms with Gasteiger partial charge in [-0.25, -0.2) is 0 Å². The summed E-state index contributed by atoms with van der Waals surface area (Å²) in [5.41, 5.74) is 1.75. The maximum absolute atomic E-state index is 9.35. The molecule has 1 aromatic carbocycles. The average molecular weight is 363 g/mol. The van der Waals surface area contributed by atoms with Crippen molar-refractivity contribution in [1.82, 2.24) is 0 Å². The van der Waals surface area contributed by atoms with Gasteiger partial charge >= 0.3 is 0 Å². The molecule has 0 fully saturated rings. The first-order valence-corrected chi connectivity index (χ1v) is 7.65. The van der Waals surface area contributed by atoms with Crippen LogP contribution in [0.25, 0.3) is 0 Å². The lowest BCUT2D eigenvalue weighted by Crippen LogP contribution is -2.13. The second-order valence-corrected chi connectivity index (χ2v) is 5.35. The van der Waals surface area contributed by atoms with Gasteiger partial charge < -0.3 is 24.1 Å². The second-order valence-electron chi connectivity index (χ2n) is 4.44. The third-order valence-corrected chi connectivity index (χ3v) is 3.22. The largest absolute Gasteiger partial charge is 0.491 e. The first-order valence-electron chi connectivity index (χ1n) is 6.86. The molecule has 0 radical (unpaired) electrons. The monoisotopic (exact) mass is 362 g/mol. The van der Waals surface area contributed by atoms with Crippen molar-refractivity contribution in [2.24, 2.45) is 0 Å². The minimum Gasteiger partial charge on any atom is -0.491 e. The maximum Gasteiger partial charge on any atom is 0.127 e. The minimum atomic E-state index is -0.0518. The molecule has 0 aromatic heterocycles. The molecule has 0 saturated heterocycles. The van der Waals surface area contributed by atoms with Gasteiger partial charge in [0.2, 0.25) is 0 Å². The van der Waals surface area contributed by atoms with Gasteiger partial charge in [-0.2, -0.15) is 0 Å². The molecule has 1 rings (SSSR count). The molecule has 1 N–H and O–H groups in total. The number of halogens is 1. The van der Waals surface area contributed by atoms with Gasteiger partial charge in [-0.3, -0.25) is 0 Å². The molecule has 0 bridgehead atoms. The van der Waals surface area contributed by atoms with E-state index < -0.39 is 0 Å². The summed E-state index contributed by atoms with van der Waals surface area (Å²) in [5.74, 6) is 0.723. The topological polar surface area (TPSA) is 57.2 Å². The van der Waals surface area contributed by atoms with Gasteiger partial charge in [-0.15, -0.1) is 0 Å². The molecule has 5 nitrogen and oxygen atoms in total. The molecule has 0 aliphatic carbocycles. The normalized spacial score (nSPS) is 10.9. The highest BCUT2D eigenvalue weighted by atomic mass is 79.9. The minimum absolute atomic E-state index is 0.0518. The molecule has 0 amide bonds. The summed E-state index contributed by atoms with van der Waals surface area (Å²) in [5, 5.41) is 9.35. The molecule has 0 aliphatic heterocycles. The van der Waals surface area contributed by atoms with Crippen LogP contribution >= 0.6 is 15.9 Å². The van der Waals surface area contributed by atoms with Crippen LogP contribution in [-0.4, -0.2) is 51.9 Å². The molecule has 21 heavy (non-hydrogen) atoms. The first kappa shape index (κ1) is 18.4. The smallest absolute Gasteiger partial charge is 0.127 e. The molecule has 120 valence electrons. The Morgan fingerprint density at radius 2 is 1.62 bits per heavy atom. The van der Waals surface area contributed by atoms with Gasteiger partial charge in [-0.05, 0) is 24.6 Å². The van der Waals surface area contributed by atoms with Crippen molar-refractivity contribution in [3.8, 4) is 5.75 Å². The number of aryl methyl sites for hydroxylation is 1. The highest BCUT2D eigenvalue weighted by molar-refractivity contribution is 9.10. The number of ether oxygens (including phenoxy) is 4. The second kappa shape index (κ2) is 11.0. The zero-order chi connectivity index (χ0) is 15.5. The van der Waals surface area contributed by atoms with E-state index in [4.69, 9.17) is 18.9 Å². The summed E-state index contributed by atoms with van der Waals surface area (Å²) in [6, 6.07) is 3.81. The van der Waals surface area contributed by atoms with E-state index in [0.717, 1.165) is 21.3 Å². The first-order chi connectivity index (χ1) is 10.2. The summed E-state index contributed by atoms with van der Waals surface area (Å²) in [4.78, 5) is 0. The lowest BCUT2D eigenvalue weighted by atomic mass is 10.1. The Morgan fingerprint density at radius 3 is 2.24 bits per heavy atom. The fourth-order valence-electron chi connectivity index (χ4n) is 1.79. The zero-order valence-electron chi connectivity index (χ0n) is 12.6. The van der Waals surface area contributed by atoms with Crippen molar-refractivity contribution >= 4 is 15.9 Å². The quantitative estimate of drug-likeness (QED) is 0.612. The number of hydrogen-bond donors (Lipinski definition) is 1. The molecule has 0 unspecified atom stereocenters. The van der Waals surface area contributed by atoms with Gasteiger partial charge in [0.15, 0.2) is 0 Å². The number of hydrogen-bond acceptors (Lipinski definition) is 5. The van der Waals surface area contributed by atoms with E-state index in [-0.39, 0.29) is 6.61 Å². The standard InChI is InChI=1S/C15H23BrO5/c1-12-9-14(16)10-13(11-17)15(12)21-8-7-20-6-5-19-4-3-18-2/h9-10,17H,3-8,11H2,1-2H3. The predicted octanol–water partition coefficient (Wildman–Crippen LogP) is 2.31. The molecule has 0 saturated carbocycles. The Labute approximate surface area is 134 Å². The lowest BCUT2D eigenvalue weighted by Gasteiger charge is -2.14. The fraction of sp³-hybridized carbons (Fsp3) is 0.600. The summed E-state index contributed by atoms with van der Waals surface area (Å²) in [6.45, 7) is 5.06. The summed E-state index contributed by atoms with van der Waals surface area (Å²) < 4.78 is 22.2. The van der Waals surface area contributed by atoms with Crippen molar-refractivity contribution < 1.29 is 24.1 Å². The van der Waals surface area contributed by atoms with E-state index >= 15 is 0 Å². The van der Waals surface area contributed by atoms with Crippen LogP contribution in [0.4, 0.5) is 0 Å².